The van der Waals surface area contributed by atoms with E-state index in [-0.39, 0.29) is 5.91 Å². The van der Waals surface area contributed by atoms with Crippen molar-refractivity contribution in [3.63, 3.8) is 0 Å². The van der Waals surface area contributed by atoms with Crippen molar-refractivity contribution in [2.24, 2.45) is 0 Å². The number of amides is 1. The van der Waals surface area contributed by atoms with E-state index in [9.17, 15) is 4.79 Å². The number of carbonyl (C=O) groups is 1. The summed E-state index contributed by atoms with van der Waals surface area (Å²) >= 11 is 0. The van der Waals surface area contributed by atoms with Gasteiger partial charge < -0.3 is 24.0 Å². The summed E-state index contributed by atoms with van der Waals surface area (Å²) in [7, 11) is 4.92. The maximum atomic E-state index is 13.8. The van der Waals surface area contributed by atoms with Crippen LogP contribution in [0.1, 0.15) is 10.4 Å². The van der Waals surface area contributed by atoms with Gasteiger partial charge in [0.1, 0.15) is 17.2 Å². The van der Waals surface area contributed by atoms with E-state index in [1.807, 2.05) is 71.6 Å². The minimum atomic E-state index is 0.00186. The SMILES string of the molecule is COc1ccc(-c2cc(C(=O)N3CCN(c4ccccc4OC)CC3)c3ccccc3n2)c(OC)c1. The van der Waals surface area contributed by atoms with Crippen LogP contribution in [0.15, 0.2) is 72.8 Å². The van der Waals surface area contributed by atoms with Crippen molar-refractivity contribution in [1.29, 1.82) is 0 Å². The Hall–Kier alpha value is -4.26. The highest BCUT2D eigenvalue weighted by atomic mass is 16.5. The maximum Gasteiger partial charge on any atom is 0.254 e. The quantitative estimate of drug-likeness (QED) is 0.389. The number of hydrogen-bond donors (Lipinski definition) is 0. The van der Waals surface area contributed by atoms with Crippen molar-refractivity contribution in [3.8, 4) is 28.5 Å². The molecule has 0 spiro atoms. The molecule has 5 rings (SSSR count). The first-order chi connectivity index (χ1) is 17.6. The summed E-state index contributed by atoms with van der Waals surface area (Å²) in [4.78, 5) is 22.9. The molecule has 1 saturated heterocycles. The van der Waals surface area contributed by atoms with E-state index in [2.05, 4.69) is 11.0 Å². The molecule has 0 radical (unpaired) electrons. The molecule has 0 saturated carbocycles. The summed E-state index contributed by atoms with van der Waals surface area (Å²) in [5.74, 6) is 2.18. The summed E-state index contributed by atoms with van der Waals surface area (Å²) in [5, 5.41) is 0.839. The molecule has 7 heteroatoms. The van der Waals surface area contributed by atoms with Gasteiger partial charge in [-0.25, -0.2) is 4.98 Å². The zero-order valence-corrected chi connectivity index (χ0v) is 20.7. The molecule has 7 nitrogen and oxygen atoms in total. The summed E-state index contributed by atoms with van der Waals surface area (Å²) in [5.41, 5.74) is 3.95. The fourth-order valence-corrected chi connectivity index (χ4v) is 4.71. The number of aromatic nitrogens is 1. The molecular weight excluding hydrogens is 454 g/mol. The van der Waals surface area contributed by atoms with Gasteiger partial charge in [-0.2, -0.15) is 0 Å². The number of carbonyl (C=O) groups excluding carboxylic acids is 1. The van der Waals surface area contributed by atoms with Gasteiger partial charge in [0.2, 0.25) is 0 Å². The van der Waals surface area contributed by atoms with Crippen LogP contribution in [-0.4, -0.2) is 63.3 Å². The Labute approximate surface area is 210 Å². The number of benzene rings is 3. The van der Waals surface area contributed by atoms with Gasteiger partial charge in [0, 0.05) is 43.2 Å². The molecule has 4 aromatic rings. The minimum absolute atomic E-state index is 0.00186. The number of methoxy groups -OCH3 is 3. The fourth-order valence-electron chi connectivity index (χ4n) is 4.71. The lowest BCUT2D eigenvalue weighted by molar-refractivity contribution is 0.0748. The zero-order chi connectivity index (χ0) is 25.1. The second-order valence-corrected chi connectivity index (χ2v) is 8.59. The fraction of sp³-hybridized carbons (Fsp3) is 0.241. The molecule has 0 atom stereocenters. The highest BCUT2D eigenvalue weighted by Crippen LogP contribution is 2.35. The van der Waals surface area contributed by atoms with Crippen LogP contribution < -0.4 is 19.1 Å². The summed E-state index contributed by atoms with van der Waals surface area (Å²) in [6.07, 6.45) is 0. The molecule has 1 aliphatic rings. The lowest BCUT2D eigenvalue weighted by atomic mass is 10.0. The molecule has 1 aromatic heterocycles. The third-order valence-corrected chi connectivity index (χ3v) is 6.62. The molecule has 1 amide bonds. The van der Waals surface area contributed by atoms with Crippen molar-refractivity contribution >= 4 is 22.5 Å². The van der Waals surface area contributed by atoms with Crippen LogP contribution in [0.5, 0.6) is 17.2 Å². The summed E-state index contributed by atoms with van der Waals surface area (Å²) < 4.78 is 16.5. The number of para-hydroxylation sites is 3. The number of hydrogen-bond acceptors (Lipinski definition) is 6. The molecule has 0 aliphatic carbocycles. The van der Waals surface area contributed by atoms with Crippen LogP contribution in [0.4, 0.5) is 5.69 Å². The Morgan fingerprint density at radius 3 is 2.25 bits per heavy atom. The van der Waals surface area contributed by atoms with Gasteiger partial charge in [-0.15, -0.1) is 0 Å². The largest absolute Gasteiger partial charge is 0.497 e. The Kier molecular flexibility index (Phi) is 6.62. The third kappa shape index (κ3) is 4.40. The number of nitrogens with zero attached hydrogens (tertiary/aromatic N) is 3. The minimum Gasteiger partial charge on any atom is -0.497 e. The molecule has 36 heavy (non-hydrogen) atoms. The first-order valence-electron chi connectivity index (χ1n) is 11.9. The van der Waals surface area contributed by atoms with Crippen LogP contribution in [0, 0.1) is 0 Å². The van der Waals surface area contributed by atoms with Crippen molar-refractivity contribution in [2.75, 3.05) is 52.4 Å². The van der Waals surface area contributed by atoms with E-state index in [1.165, 1.54) is 0 Å². The van der Waals surface area contributed by atoms with Gasteiger partial charge in [0.05, 0.1) is 43.8 Å². The number of rotatable bonds is 6. The smallest absolute Gasteiger partial charge is 0.254 e. The van der Waals surface area contributed by atoms with E-state index in [0.29, 0.717) is 35.8 Å². The van der Waals surface area contributed by atoms with E-state index in [1.54, 1.807) is 21.3 Å². The normalized spacial score (nSPS) is 13.5. The second-order valence-electron chi connectivity index (χ2n) is 8.59. The number of piperazine rings is 1. The van der Waals surface area contributed by atoms with Gasteiger partial charge in [-0.3, -0.25) is 4.79 Å². The lowest BCUT2D eigenvalue weighted by Crippen LogP contribution is -2.49. The number of fused-ring (bicyclic) bond motifs is 1. The van der Waals surface area contributed by atoms with E-state index in [4.69, 9.17) is 19.2 Å². The van der Waals surface area contributed by atoms with Crippen LogP contribution in [0.2, 0.25) is 0 Å². The molecule has 1 fully saturated rings. The Morgan fingerprint density at radius 2 is 1.50 bits per heavy atom. The number of anilines is 1. The molecule has 184 valence electrons. The van der Waals surface area contributed by atoms with Crippen LogP contribution >= 0.6 is 0 Å². The maximum absolute atomic E-state index is 13.8. The third-order valence-electron chi connectivity index (χ3n) is 6.62. The van der Waals surface area contributed by atoms with E-state index >= 15 is 0 Å². The van der Waals surface area contributed by atoms with Crippen LogP contribution in [0.25, 0.3) is 22.2 Å². The van der Waals surface area contributed by atoms with Crippen molar-refractivity contribution in [3.05, 3.63) is 78.4 Å². The van der Waals surface area contributed by atoms with Gasteiger partial charge >= 0.3 is 0 Å². The van der Waals surface area contributed by atoms with Gasteiger partial charge in [0.25, 0.3) is 5.91 Å². The Bertz CT molecular complexity index is 1400. The van der Waals surface area contributed by atoms with Crippen molar-refractivity contribution < 1.29 is 19.0 Å². The second kappa shape index (κ2) is 10.2. The monoisotopic (exact) mass is 483 g/mol. The number of ether oxygens (including phenoxy) is 3. The van der Waals surface area contributed by atoms with Crippen molar-refractivity contribution in [1.82, 2.24) is 9.88 Å². The van der Waals surface area contributed by atoms with Gasteiger partial charge in [0.15, 0.2) is 0 Å². The molecule has 3 aromatic carbocycles. The Morgan fingerprint density at radius 1 is 0.778 bits per heavy atom. The topological polar surface area (TPSA) is 64.1 Å². The van der Waals surface area contributed by atoms with Crippen LogP contribution in [0.3, 0.4) is 0 Å². The van der Waals surface area contributed by atoms with Crippen LogP contribution in [-0.2, 0) is 0 Å². The van der Waals surface area contributed by atoms with Crippen molar-refractivity contribution in [2.45, 2.75) is 0 Å². The summed E-state index contributed by atoms with van der Waals surface area (Å²) in [6, 6.07) is 23.2. The highest BCUT2D eigenvalue weighted by molar-refractivity contribution is 6.07. The van der Waals surface area contributed by atoms with E-state index in [0.717, 1.165) is 41.0 Å². The first-order valence-corrected chi connectivity index (χ1v) is 11.9. The zero-order valence-electron chi connectivity index (χ0n) is 20.7. The molecule has 2 heterocycles. The number of pyridine rings is 1. The summed E-state index contributed by atoms with van der Waals surface area (Å²) in [6.45, 7) is 2.70. The molecular formula is C29H29N3O4. The predicted molar refractivity (Wildman–Crippen MR) is 141 cm³/mol. The average Bonchev–Trinajstić information content (AvgIpc) is 2.95. The molecule has 0 bridgehead atoms. The van der Waals surface area contributed by atoms with Gasteiger partial charge in [-0.05, 0) is 36.4 Å². The standard InChI is InChI=1S/C29H29N3O4/c1-34-20-12-13-22(28(18-20)36-3)25-19-23(21-8-4-5-9-24(21)30-25)29(33)32-16-14-31(15-17-32)26-10-6-7-11-27(26)35-2/h4-13,18-19H,14-17H2,1-3H3. The Balaban J connectivity index is 1.46. The first kappa shape index (κ1) is 23.5. The highest BCUT2D eigenvalue weighted by Gasteiger charge is 2.26. The van der Waals surface area contributed by atoms with Gasteiger partial charge in [-0.1, -0.05) is 30.3 Å². The lowest BCUT2D eigenvalue weighted by Gasteiger charge is -2.36. The predicted octanol–water partition coefficient (Wildman–Crippen LogP) is 4.89. The molecule has 0 unspecified atom stereocenters. The van der Waals surface area contributed by atoms with E-state index < -0.39 is 0 Å². The molecule has 0 N–H and O–H groups in total. The molecule has 1 aliphatic heterocycles. The average molecular weight is 484 g/mol.